The standard InChI is InChI=1S/C26H27FN4O2/c1-5-26(16-8-6-7-15(9-16)17-10-22(33-4)28-14-19(17)27)18-13-29-31-24(18)30-20-11-25(2,3)12-21(32)23(20)26/h6-10,13-14,24,30H,5,11-12H2,1-4H3/t24?,26-/m0/s1. The highest BCUT2D eigenvalue weighted by Crippen LogP contribution is 2.54. The summed E-state index contributed by atoms with van der Waals surface area (Å²) in [4.78, 5) is 17.6. The minimum atomic E-state index is -0.675. The summed E-state index contributed by atoms with van der Waals surface area (Å²) in [6.07, 6.45) is 4.57. The first-order chi connectivity index (χ1) is 15.8. The molecule has 2 aliphatic heterocycles. The number of allylic oxidation sites excluding steroid dienone is 2. The van der Waals surface area contributed by atoms with Gasteiger partial charge in [0.15, 0.2) is 11.9 Å². The highest BCUT2D eigenvalue weighted by Gasteiger charge is 2.53. The second kappa shape index (κ2) is 7.61. The van der Waals surface area contributed by atoms with Gasteiger partial charge in [-0.05, 0) is 35.4 Å². The highest BCUT2D eigenvalue weighted by atomic mass is 19.1. The minimum Gasteiger partial charge on any atom is -0.481 e. The molecule has 0 amide bonds. The van der Waals surface area contributed by atoms with E-state index in [1.807, 2.05) is 24.3 Å². The number of Topliss-reactive ketones (excluding diaryl/α,β-unsaturated/α-hetero) is 1. The van der Waals surface area contributed by atoms with Crippen LogP contribution in [0.5, 0.6) is 5.88 Å². The van der Waals surface area contributed by atoms with Crippen LogP contribution in [0.15, 0.2) is 69.8 Å². The zero-order valence-corrected chi connectivity index (χ0v) is 19.3. The van der Waals surface area contributed by atoms with E-state index in [1.54, 1.807) is 12.3 Å². The maximum Gasteiger partial charge on any atom is 0.213 e. The lowest BCUT2D eigenvalue weighted by atomic mass is 9.58. The van der Waals surface area contributed by atoms with Crippen LogP contribution >= 0.6 is 0 Å². The van der Waals surface area contributed by atoms with E-state index >= 15 is 0 Å². The maximum absolute atomic E-state index is 14.7. The zero-order valence-electron chi connectivity index (χ0n) is 19.3. The molecule has 1 aliphatic carbocycles. The van der Waals surface area contributed by atoms with Gasteiger partial charge in [0.05, 0.1) is 24.9 Å². The molecule has 2 aromatic rings. The second-order valence-corrected chi connectivity index (χ2v) is 9.70. The van der Waals surface area contributed by atoms with Crippen LogP contribution in [0.25, 0.3) is 11.1 Å². The number of hydrogen-bond acceptors (Lipinski definition) is 6. The second-order valence-electron chi connectivity index (χ2n) is 9.70. The third-order valence-electron chi connectivity index (χ3n) is 7.02. The van der Waals surface area contributed by atoms with E-state index in [0.29, 0.717) is 29.8 Å². The van der Waals surface area contributed by atoms with Gasteiger partial charge in [-0.15, -0.1) is 0 Å². The van der Waals surface area contributed by atoms with E-state index in [0.717, 1.165) is 28.8 Å². The molecular weight excluding hydrogens is 419 g/mol. The maximum atomic E-state index is 14.7. The van der Waals surface area contributed by atoms with E-state index < -0.39 is 11.2 Å². The third kappa shape index (κ3) is 3.29. The van der Waals surface area contributed by atoms with Gasteiger partial charge in [0, 0.05) is 34.9 Å². The largest absolute Gasteiger partial charge is 0.481 e. The molecule has 5 rings (SSSR count). The first kappa shape index (κ1) is 21.5. The van der Waals surface area contributed by atoms with Crippen molar-refractivity contribution in [1.29, 1.82) is 0 Å². The van der Waals surface area contributed by atoms with Gasteiger partial charge < -0.3 is 10.1 Å². The van der Waals surface area contributed by atoms with Crippen LogP contribution in [0.4, 0.5) is 4.39 Å². The lowest BCUT2D eigenvalue weighted by molar-refractivity contribution is -0.119. The normalized spacial score (nSPS) is 25.3. The molecule has 7 heteroatoms. The number of methoxy groups -OCH3 is 1. The summed E-state index contributed by atoms with van der Waals surface area (Å²) in [5.74, 6) is 0.0564. The number of nitrogens with zero attached hydrogens (tertiary/aromatic N) is 3. The molecule has 0 saturated carbocycles. The Bertz CT molecular complexity index is 1250. The Morgan fingerprint density at radius 1 is 1.24 bits per heavy atom. The van der Waals surface area contributed by atoms with Gasteiger partial charge in [-0.1, -0.05) is 39.0 Å². The fraction of sp³-hybridized carbons (Fsp3) is 0.385. The molecule has 1 N–H and O–H groups in total. The van der Waals surface area contributed by atoms with E-state index in [2.05, 4.69) is 41.3 Å². The molecule has 0 fully saturated rings. The van der Waals surface area contributed by atoms with Crippen molar-refractivity contribution >= 4 is 5.78 Å². The lowest BCUT2D eigenvalue weighted by Gasteiger charge is -2.47. The Kier molecular flexibility index (Phi) is 4.96. The Morgan fingerprint density at radius 2 is 2.06 bits per heavy atom. The molecule has 0 spiro atoms. The Labute approximate surface area is 192 Å². The number of halogens is 1. The molecule has 1 aromatic heterocycles. The topological polar surface area (TPSA) is 75.9 Å². The monoisotopic (exact) mass is 446 g/mol. The number of carbonyl (C=O) groups is 1. The number of ketones is 1. The van der Waals surface area contributed by atoms with E-state index in [9.17, 15) is 9.18 Å². The van der Waals surface area contributed by atoms with Gasteiger partial charge >= 0.3 is 0 Å². The van der Waals surface area contributed by atoms with Gasteiger partial charge in [-0.2, -0.15) is 10.2 Å². The zero-order chi connectivity index (χ0) is 23.4. The van der Waals surface area contributed by atoms with Crippen molar-refractivity contribution in [2.75, 3.05) is 7.11 Å². The molecule has 0 radical (unpaired) electrons. The average molecular weight is 447 g/mol. The Hall–Kier alpha value is -3.35. The molecule has 33 heavy (non-hydrogen) atoms. The van der Waals surface area contributed by atoms with Gasteiger partial charge in [0.25, 0.3) is 0 Å². The number of aromatic nitrogens is 1. The summed E-state index contributed by atoms with van der Waals surface area (Å²) >= 11 is 0. The number of carbonyl (C=O) groups excluding carboxylic acids is 1. The molecule has 0 saturated heterocycles. The highest BCUT2D eigenvalue weighted by molar-refractivity contribution is 6.01. The molecule has 170 valence electrons. The van der Waals surface area contributed by atoms with Crippen LogP contribution in [0.3, 0.4) is 0 Å². The van der Waals surface area contributed by atoms with Crippen LogP contribution in [0.1, 0.15) is 45.6 Å². The smallest absolute Gasteiger partial charge is 0.213 e. The number of ether oxygens (including phenoxy) is 1. The van der Waals surface area contributed by atoms with Crippen LogP contribution in [-0.4, -0.2) is 24.0 Å². The van der Waals surface area contributed by atoms with E-state index in [-0.39, 0.29) is 17.4 Å². The molecule has 0 bridgehead atoms. The van der Waals surface area contributed by atoms with Crippen molar-refractivity contribution in [2.45, 2.75) is 51.6 Å². The molecule has 1 unspecified atom stereocenters. The summed E-state index contributed by atoms with van der Waals surface area (Å²) in [6, 6.07) is 9.36. The van der Waals surface area contributed by atoms with E-state index in [1.165, 1.54) is 13.3 Å². The molecule has 3 heterocycles. The summed E-state index contributed by atoms with van der Waals surface area (Å²) in [5.41, 5.74) is 3.94. The molecule has 3 aliphatic rings. The van der Waals surface area contributed by atoms with Crippen molar-refractivity contribution in [2.24, 2.45) is 15.6 Å². The van der Waals surface area contributed by atoms with Crippen molar-refractivity contribution < 1.29 is 13.9 Å². The van der Waals surface area contributed by atoms with Gasteiger partial charge in [-0.3, -0.25) is 4.79 Å². The average Bonchev–Trinajstić information content (AvgIpc) is 3.26. The lowest BCUT2D eigenvalue weighted by Crippen LogP contribution is -2.51. The quantitative estimate of drug-likeness (QED) is 0.676. The van der Waals surface area contributed by atoms with Crippen LogP contribution < -0.4 is 10.1 Å². The number of benzene rings is 1. The first-order valence-electron chi connectivity index (χ1n) is 11.2. The summed E-state index contributed by atoms with van der Waals surface area (Å²) in [6.45, 7) is 6.32. The van der Waals surface area contributed by atoms with E-state index in [4.69, 9.17) is 4.74 Å². The molecular formula is C26H27FN4O2. The fourth-order valence-electron chi connectivity index (χ4n) is 5.59. The fourth-order valence-corrected chi connectivity index (χ4v) is 5.59. The minimum absolute atomic E-state index is 0.127. The van der Waals surface area contributed by atoms with Crippen molar-refractivity contribution in [3.63, 3.8) is 0 Å². The number of fused-ring (bicyclic) bond motifs is 1. The molecule has 2 atom stereocenters. The summed E-state index contributed by atoms with van der Waals surface area (Å²) in [5, 5.41) is 12.1. The Balaban J connectivity index is 1.73. The van der Waals surface area contributed by atoms with Gasteiger partial charge in [-0.25, -0.2) is 9.37 Å². The summed E-state index contributed by atoms with van der Waals surface area (Å²) < 4.78 is 19.9. The third-order valence-corrected chi connectivity index (χ3v) is 7.02. The molecule has 6 nitrogen and oxygen atoms in total. The summed E-state index contributed by atoms with van der Waals surface area (Å²) in [7, 11) is 1.51. The number of hydrogen-bond donors (Lipinski definition) is 1. The van der Waals surface area contributed by atoms with Crippen molar-refractivity contribution in [3.05, 3.63) is 71.0 Å². The predicted molar refractivity (Wildman–Crippen MR) is 123 cm³/mol. The number of nitrogens with one attached hydrogen (secondary N) is 1. The van der Waals surface area contributed by atoms with Crippen LogP contribution in [-0.2, 0) is 10.2 Å². The SMILES string of the molecule is CC[C@]1(c2cccc(-c3cc(OC)ncc3F)c2)C2=CN=NC2NC2=C1C(=O)CC(C)(C)C2. The van der Waals surface area contributed by atoms with Crippen LogP contribution in [0.2, 0.25) is 0 Å². The molecule has 1 aromatic carbocycles. The van der Waals surface area contributed by atoms with Crippen LogP contribution in [0, 0.1) is 11.2 Å². The number of rotatable bonds is 4. The van der Waals surface area contributed by atoms with Crippen molar-refractivity contribution in [1.82, 2.24) is 10.3 Å². The first-order valence-corrected chi connectivity index (χ1v) is 11.2. The number of pyridine rings is 1. The Morgan fingerprint density at radius 3 is 2.82 bits per heavy atom. The van der Waals surface area contributed by atoms with Crippen molar-refractivity contribution in [3.8, 4) is 17.0 Å². The predicted octanol–water partition coefficient (Wildman–Crippen LogP) is 5.47. The number of azo groups is 1. The van der Waals surface area contributed by atoms with Gasteiger partial charge in [0.1, 0.15) is 5.82 Å². The van der Waals surface area contributed by atoms with Gasteiger partial charge in [0.2, 0.25) is 5.88 Å².